The number of hydrogen-bond donors (Lipinski definition) is 2. The van der Waals surface area contributed by atoms with Crippen LogP contribution >= 0.6 is 0 Å². The number of rotatable bonds is 3. The van der Waals surface area contributed by atoms with Gasteiger partial charge in [-0.05, 0) is 7.05 Å². The number of hydrogen-bond acceptors (Lipinski definition) is 3. The maximum Gasteiger partial charge on any atom is 0.317 e. The van der Waals surface area contributed by atoms with E-state index in [-0.39, 0.29) is 12.6 Å². The Labute approximate surface area is 55.0 Å². The largest absolute Gasteiger partial charge is 0.480 e. The van der Waals surface area contributed by atoms with Crippen molar-refractivity contribution in [3.8, 4) is 0 Å². The molecule has 0 rings (SSSR count). The molecule has 0 spiro atoms. The summed E-state index contributed by atoms with van der Waals surface area (Å²) in [6.45, 7) is -0.00231. The van der Waals surface area contributed by atoms with Crippen LogP contribution in [0.15, 0.2) is 0 Å². The molecule has 0 saturated heterocycles. The average Bonchev–Trinajstić information content (AvgIpc) is 1.63. The van der Waals surface area contributed by atoms with Crippen LogP contribution in [0.5, 0.6) is 0 Å². The summed E-state index contributed by atoms with van der Waals surface area (Å²) in [6.07, 6.45) is 0. The first-order valence-electron chi connectivity index (χ1n) is 2.71. The molecule has 0 aromatic rings. The Morgan fingerprint density at radius 3 is 2.56 bits per heavy atom. The summed E-state index contributed by atoms with van der Waals surface area (Å²) in [5, 5.41) is 8.24. The Balaban J connectivity index is 3.50. The van der Waals surface area contributed by atoms with Gasteiger partial charge < -0.3 is 10.8 Å². The molecule has 9 heavy (non-hydrogen) atoms. The van der Waals surface area contributed by atoms with Crippen LogP contribution in [0.3, 0.4) is 0 Å². The zero-order valence-corrected chi connectivity index (χ0v) is 5.66. The van der Waals surface area contributed by atoms with Crippen molar-refractivity contribution in [2.75, 3.05) is 13.6 Å². The van der Waals surface area contributed by atoms with Gasteiger partial charge in [0.1, 0.15) is 7.85 Å². The van der Waals surface area contributed by atoms with Gasteiger partial charge in [-0.25, -0.2) is 0 Å². The van der Waals surface area contributed by atoms with Gasteiger partial charge in [-0.1, -0.05) is 0 Å². The molecule has 52 valence electrons. The quantitative estimate of drug-likeness (QED) is 0.338. The summed E-state index contributed by atoms with van der Waals surface area (Å²) in [6, 6.07) is -0.193. The highest BCUT2D eigenvalue weighted by Crippen LogP contribution is 1.81. The van der Waals surface area contributed by atoms with Crippen molar-refractivity contribution in [1.29, 1.82) is 0 Å². The fraction of sp³-hybridized carbons (Fsp3) is 0.750. The zero-order chi connectivity index (χ0) is 7.44. The molecule has 0 heterocycles. The number of aliphatic carboxylic acids is 1. The second kappa shape index (κ2) is 3.47. The first-order chi connectivity index (χ1) is 4.04. The van der Waals surface area contributed by atoms with E-state index in [1.807, 2.05) is 0 Å². The van der Waals surface area contributed by atoms with E-state index < -0.39 is 5.97 Å². The van der Waals surface area contributed by atoms with E-state index in [0.717, 1.165) is 0 Å². The zero-order valence-electron chi connectivity index (χ0n) is 5.66. The monoisotopic (exact) mass is 130 g/mol. The number of likely N-dealkylation sites (N-methyl/N-ethyl adjacent to an activating group) is 1. The van der Waals surface area contributed by atoms with E-state index >= 15 is 0 Å². The van der Waals surface area contributed by atoms with Gasteiger partial charge >= 0.3 is 5.97 Å². The predicted molar refractivity (Wildman–Crippen MR) is 36.8 cm³/mol. The molecule has 0 amide bonds. The van der Waals surface area contributed by atoms with E-state index in [1.165, 1.54) is 0 Å². The molecule has 1 unspecified atom stereocenters. The summed E-state index contributed by atoms with van der Waals surface area (Å²) >= 11 is 0. The van der Waals surface area contributed by atoms with E-state index in [2.05, 4.69) is 0 Å². The van der Waals surface area contributed by atoms with Crippen molar-refractivity contribution in [2.24, 2.45) is 5.73 Å². The Hall–Kier alpha value is -0.545. The SMILES string of the molecule is BC(N)N(C)CC(=O)O. The lowest BCUT2D eigenvalue weighted by atomic mass is 10.1. The third kappa shape index (κ3) is 3.99. The third-order valence-corrected chi connectivity index (χ3v) is 1.08. The second-order valence-electron chi connectivity index (χ2n) is 2.05. The Kier molecular flexibility index (Phi) is 3.26. The van der Waals surface area contributed by atoms with Gasteiger partial charge in [-0.15, -0.1) is 0 Å². The van der Waals surface area contributed by atoms with Crippen LogP contribution in [-0.2, 0) is 4.79 Å². The molecule has 3 N–H and O–H groups in total. The van der Waals surface area contributed by atoms with Crippen LogP contribution in [0.25, 0.3) is 0 Å². The first-order valence-corrected chi connectivity index (χ1v) is 2.71. The highest BCUT2D eigenvalue weighted by atomic mass is 16.4. The number of nitrogens with two attached hydrogens (primary N) is 1. The molecule has 0 aliphatic carbocycles. The number of carbonyl (C=O) groups is 1. The molecule has 0 fully saturated rings. The number of carboxylic acid groups (broad SMARTS) is 1. The van der Waals surface area contributed by atoms with Crippen LogP contribution in [0.4, 0.5) is 0 Å². The van der Waals surface area contributed by atoms with E-state index in [9.17, 15) is 4.79 Å². The Morgan fingerprint density at radius 1 is 2.00 bits per heavy atom. The van der Waals surface area contributed by atoms with Crippen LogP contribution < -0.4 is 5.73 Å². The Bertz CT molecular complexity index is 107. The molecule has 0 saturated carbocycles. The minimum absolute atomic E-state index is 0.00231. The van der Waals surface area contributed by atoms with Crippen molar-refractivity contribution in [1.82, 2.24) is 4.90 Å². The molecule has 0 aromatic heterocycles. The minimum Gasteiger partial charge on any atom is -0.480 e. The van der Waals surface area contributed by atoms with Crippen LogP contribution in [-0.4, -0.2) is 43.5 Å². The van der Waals surface area contributed by atoms with Gasteiger partial charge in [-0.2, -0.15) is 0 Å². The molecule has 0 bridgehead atoms. The van der Waals surface area contributed by atoms with Crippen molar-refractivity contribution < 1.29 is 9.90 Å². The minimum atomic E-state index is -0.852. The summed E-state index contributed by atoms with van der Waals surface area (Å²) in [5.41, 5.74) is 5.35. The fourth-order valence-electron chi connectivity index (χ4n) is 0.357. The molecule has 5 heteroatoms. The maximum absolute atomic E-state index is 10.0. The fourth-order valence-corrected chi connectivity index (χ4v) is 0.357. The third-order valence-electron chi connectivity index (χ3n) is 1.08. The molecular formula is C4H11BN2O2. The lowest BCUT2D eigenvalue weighted by Crippen LogP contribution is -2.42. The van der Waals surface area contributed by atoms with Crippen molar-refractivity contribution in [3.05, 3.63) is 0 Å². The molecule has 0 aliphatic heterocycles. The topological polar surface area (TPSA) is 66.6 Å². The van der Waals surface area contributed by atoms with Crippen molar-refractivity contribution in [2.45, 2.75) is 6.07 Å². The molecule has 4 nitrogen and oxygen atoms in total. The van der Waals surface area contributed by atoms with Crippen molar-refractivity contribution in [3.63, 3.8) is 0 Å². The number of carboxylic acids is 1. The maximum atomic E-state index is 10.0. The van der Waals surface area contributed by atoms with Crippen molar-refractivity contribution >= 4 is 13.8 Å². The highest BCUT2D eigenvalue weighted by Gasteiger charge is 2.06. The Morgan fingerprint density at radius 2 is 2.44 bits per heavy atom. The van der Waals surface area contributed by atoms with Gasteiger partial charge in [0.15, 0.2) is 0 Å². The standard InChI is InChI=1S/C4H11BN2O2/c1-7(4(5)6)2-3(8)9/h4H,2,5-6H2,1H3,(H,8,9). The van der Waals surface area contributed by atoms with E-state index in [4.69, 9.17) is 10.8 Å². The van der Waals surface area contributed by atoms with Gasteiger partial charge in [0.05, 0.1) is 6.54 Å². The summed E-state index contributed by atoms with van der Waals surface area (Å²) in [4.78, 5) is 11.6. The molecular weight excluding hydrogens is 119 g/mol. The smallest absolute Gasteiger partial charge is 0.317 e. The van der Waals surface area contributed by atoms with Gasteiger partial charge in [0.25, 0.3) is 0 Å². The summed E-state index contributed by atoms with van der Waals surface area (Å²) in [5.74, 6) is -0.852. The first kappa shape index (κ1) is 8.45. The van der Waals surface area contributed by atoms with Crippen LogP contribution in [0.2, 0.25) is 0 Å². The van der Waals surface area contributed by atoms with Gasteiger partial charge in [0.2, 0.25) is 0 Å². The summed E-state index contributed by atoms with van der Waals surface area (Å²) in [7, 11) is 3.40. The molecule has 1 atom stereocenters. The van der Waals surface area contributed by atoms with Crippen LogP contribution in [0, 0.1) is 0 Å². The highest BCUT2D eigenvalue weighted by molar-refractivity contribution is 6.11. The lowest BCUT2D eigenvalue weighted by Gasteiger charge is -2.17. The predicted octanol–water partition coefficient (Wildman–Crippen LogP) is -2.12. The normalized spacial score (nSPS) is 13.7. The number of nitrogens with zero attached hydrogens (tertiary/aromatic N) is 1. The summed E-state index contributed by atoms with van der Waals surface area (Å²) < 4.78 is 0. The van der Waals surface area contributed by atoms with E-state index in [1.54, 1.807) is 19.8 Å². The van der Waals surface area contributed by atoms with E-state index in [0.29, 0.717) is 0 Å². The molecule has 0 radical (unpaired) electrons. The van der Waals surface area contributed by atoms with Crippen LogP contribution in [0.1, 0.15) is 0 Å². The average molecular weight is 130 g/mol. The molecule has 0 aliphatic rings. The second-order valence-corrected chi connectivity index (χ2v) is 2.05. The van der Waals surface area contributed by atoms with Gasteiger partial charge in [0, 0.05) is 6.07 Å². The molecule has 0 aromatic carbocycles. The lowest BCUT2D eigenvalue weighted by molar-refractivity contribution is -0.138. The van der Waals surface area contributed by atoms with Gasteiger partial charge in [-0.3, -0.25) is 9.69 Å².